The summed E-state index contributed by atoms with van der Waals surface area (Å²) in [4.78, 5) is 9.00. The van der Waals surface area contributed by atoms with Gasteiger partial charge in [0.25, 0.3) is 0 Å². The van der Waals surface area contributed by atoms with Crippen molar-refractivity contribution in [3.05, 3.63) is 150 Å². The van der Waals surface area contributed by atoms with Crippen molar-refractivity contribution >= 4 is 32.8 Å². The van der Waals surface area contributed by atoms with E-state index in [1.807, 2.05) is 55.5 Å². The number of rotatable bonds is 6. The van der Waals surface area contributed by atoms with Crippen molar-refractivity contribution in [1.82, 2.24) is 14.5 Å². The summed E-state index contributed by atoms with van der Waals surface area (Å²) >= 11 is 0. The Morgan fingerprint density at radius 2 is 1.20 bits per heavy atom. The minimum absolute atomic E-state index is 0.508. The van der Waals surface area contributed by atoms with Crippen molar-refractivity contribution in [2.75, 3.05) is 0 Å². The van der Waals surface area contributed by atoms with Crippen LogP contribution in [0.15, 0.2) is 128 Å². The molecule has 3 aromatic heterocycles. The van der Waals surface area contributed by atoms with Crippen LogP contribution in [-0.4, -0.2) is 14.5 Å². The number of halogens is 3. The lowest BCUT2D eigenvalue weighted by atomic mass is 9.96. The van der Waals surface area contributed by atoms with E-state index < -0.39 is 11.7 Å². The summed E-state index contributed by atoms with van der Waals surface area (Å²) in [7, 11) is 0. The van der Waals surface area contributed by atoms with Gasteiger partial charge in [0.15, 0.2) is 5.65 Å². The second-order valence-corrected chi connectivity index (χ2v) is 12.9. The minimum Gasteiger partial charge on any atom is -0.309 e. The van der Waals surface area contributed by atoms with E-state index in [1.54, 1.807) is 12.4 Å². The van der Waals surface area contributed by atoms with Gasteiger partial charge in [-0.1, -0.05) is 74.0 Å². The Bertz CT molecular complexity index is 2570. The van der Waals surface area contributed by atoms with Crippen molar-refractivity contribution < 1.29 is 13.2 Å². The Morgan fingerprint density at radius 3 is 1.88 bits per heavy atom. The molecule has 0 fully saturated rings. The summed E-state index contributed by atoms with van der Waals surface area (Å²) in [6.07, 6.45) is 0.549. The van der Waals surface area contributed by atoms with Crippen LogP contribution in [0.3, 0.4) is 0 Å². The fourth-order valence-corrected chi connectivity index (χ4v) is 7.22. The Balaban J connectivity index is 1.42. The lowest BCUT2D eigenvalue weighted by molar-refractivity contribution is -0.137. The van der Waals surface area contributed by atoms with E-state index in [0.717, 1.165) is 67.1 Å². The van der Waals surface area contributed by atoms with Crippen LogP contribution in [0.25, 0.3) is 71.9 Å². The molecular weight excluding hydrogens is 627 g/mol. The fraction of sp³-hybridized carbons (Fsp3) is 0.136. The Kier molecular flexibility index (Phi) is 7.75. The smallest absolute Gasteiger partial charge is 0.309 e. The second-order valence-electron chi connectivity index (χ2n) is 12.9. The average molecular weight is 662 g/mol. The number of benzene rings is 5. The molecular formula is C44H34F3N3. The van der Waals surface area contributed by atoms with Crippen LogP contribution in [0.4, 0.5) is 13.2 Å². The molecule has 5 aromatic carbocycles. The van der Waals surface area contributed by atoms with Crippen LogP contribution in [0.2, 0.25) is 0 Å². The molecule has 8 aromatic rings. The lowest BCUT2D eigenvalue weighted by Crippen LogP contribution is -2.06. The predicted octanol–water partition coefficient (Wildman–Crippen LogP) is 12.2. The second kappa shape index (κ2) is 12.3. The van der Waals surface area contributed by atoms with E-state index in [1.165, 1.54) is 23.3 Å². The zero-order chi connectivity index (χ0) is 34.6. The first-order valence-corrected chi connectivity index (χ1v) is 16.9. The highest BCUT2D eigenvalue weighted by Gasteiger charge is 2.31. The summed E-state index contributed by atoms with van der Waals surface area (Å²) in [6.45, 7) is 6.16. The molecule has 246 valence electrons. The maximum absolute atomic E-state index is 14.0. The molecule has 50 heavy (non-hydrogen) atoms. The largest absolute Gasteiger partial charge is 0.416 e. The molecule has 0 N–H and O–H groups in total. The van der Waals surface area contributed by atoms with Crippen LogP contribution in [-0.2, 0) is 19.0 Å². The summed E-state index contributed by atoms with van der Waals surface area (Å²) in [5, 5.41) is 2.95. The molecule has 0 aliphatic carbocycles. The van der Waals surface area contributed by atoms with E-state index in [9.17, 15) is 13.2 Å². The summed E-state index contributed by atoms with van der Waals surface area (Å²) in [6, 6.07) is 37.9. The van der Waals surface area contributed by atoms with Crippen LogP contribution in [0, 0.1) is 6.92 Å². The monoisotopic (exact) mass is 661 g/mol. The SMILES string of the molecule is CCc1cc(C)cc(-c2ccc3c(c2)c2cc(-c4cc(CC)cc(C(F)(F)F)c4)ccc2n3-c2ccccc2-c2ccnc3ncccc23)c1. The quantitative estimate of drug-likeness (QED) is 0.178. The molecule has 0 saturated carbocycles. The van der Waals surface area contributed by atoms with Gasteiger partial charge >= 0.3 is 6.18 Å². The standard InChI is InChI=1S/C44H34F3N3/c1-4-28-19-27(3)20-32(21-28)30-12-14-41-38(25-30)39-26-31(33-22-29(5-2)23-34(24-33)44(45,46)47)13-15-42(39)50(41)40-11-7-6-9-36(40)35-16-18-49-43-37(35)10-8-17-48-43/h6-26H,4-5H2,1-3H3. The molecule has 0 unspecified atom stereocenters. The molecule has 0 aliphatic rings. The minimum atomic E-state index is -4.43. The maximum Gasteiger partial charge on any atom is 0.416 e. The third kappa shape index (κ3) is 5.51. The summed E-state index contributed by atoms with van der Waals surface area (Å²) < 4.78 is 44.3. The van der Waals surface area contributed by atoms with E-state index in [-0.39, 0.29) is 0 Å². The van der Waals surface area contributed by atoms with Gasteiger partial charge in [-0.2, -0.15) is 13.2 Å². The van der Waals surface area contributed by atoms with Crippen molar-refractivity contribution in [2.24, 2.45) is 0 Å². The average Bonchev–Trinajstić information content (AvgIpc) is 3.46. The number of nitrogens with zero attached hydrogens (tertiary/aromatic N) is 3. The molecule has 0 amide bonds. The van der Waals surface area contributed by atoms with Gasteiger partial charge in [0, 0.05) is 34.1 Å². The zero-order valence-corrected chi connectivity index (χ0v) is 28.0. The van der Waals surface area contributed by atoms with E-state index in [4.69, 9.17) is 0 Å². The molecule has 0 radical (unpaired) electrons. The van der Waals surface area contributed by atoms with Crippen molar-refractivity contribution in [1.29, 1.82) is 0 Å². The number of pyridine rings is 2. The molecule has 0 bridgehead atoms. The highest BCUT2D eigenvalue weighted by molar-refractivity contribution is 6.12. The van der Waals surface area contributed by atoms with E-state index >= 15 is 0 Å². The number of hydrogen-bond donors (Lipinski definition) is 0. The van der Waals surface area contributed by atoms with Crippen molar-refractivity contribution in [2.45, 2.75) is 39.8 Å². The molecule has 3 heterocycles. The fourth-order valence-electron chi connectivity index (χ4n) is 7.22. The molecule has 6 heteroatoms. The lowest BCUT2D eigenvalue weighted by Gasteiger charge is -2.15. The number of aromatic nitrogens is 3. The summed E-state index contributed by atoms with van der Waals surface area (Å²) in [5.41, 5.74) is 11.7. The van der Waals surface area contributed by atoms with Crippen LogP contribution in [0.1, 0.15) is 36.1 Å². The summed E-state index contributed by atoms with van der Waals surface area (Å²) in [5.74, 6) is 0. The number of alkyl halides is 3. The van der Waals surface area contributed by atoms with E-state index in [2.05, 4.69) is 83.0 Å². The third-order valence-corrected chi connectivity index (χ3v) is 9.66. The number of fused-ring (bicyclic) bond motifs is 4. The topological polar surface area (TPSA) is 30.7 Å². The molecule has 0 aliphatic heterocycles. The van der Waals surface area contributed by atoms with Crippen molar-refractivity contribution in [3.63, 3.8) is 0 Å². The van der Waals surface area contributed by atoms with Gasteiger partial charge in [0.1, 0.15) is 0 Å². The first-order chi connectivity index (χ1) is 24.2. The zero-order valence-electron chi connectivity index (χ0n) is 28.0. The maximum atomic E-state index is 14.0. The normalized spacial score (nSPS) is 12.0. The molecule has 0 atom stereocenters. The van der Waals surface area contributed by atoms with Gasteiger partial charge in [-0.05, 0) is 119 Å². The number of para-hydroxylation sites is 1. The van der Waals surface area contributed by atoms with E-state index in [0.29, 0.717) is 23.2 Å². The third-order valence-electron chi connectivity index (χ3n) is 9.66. The number of hydrogen-bond acceptors (Lipinski definition) is 2. The van der Waals surface area contributed by atoms with Crippen LogP contribution < -0.4 is 0 Å². The first kappa shape index (κ1) is 31.5. The van der Waals surface area contributed by atoms with Gasteiger partial charge < -0.3 is 4.57 Å². The Hall–Kier alpha value is -5.75. The molecule has 0 saturated heterocycles. The van der Waals surface area contributed by atoms with Gasteiger partial charge in [-0.25, -0.2) is 9.97 Å². The highest BCUT2D eigenvalue weighted by atomic mass is 19.4. The molecule has 0 spiro atoms. The van der Waals surface area contributed by atoms with Gasteiger partial charge in [-0.3, -0.25) is 0 Å². The predicted molar refractivity (Wildman–Crippen MR) is 199 cm³/mol. The number of aryl methyl sites for hydroxylation is 3. The van der Waals surface area contributed by atoms with Crippen LogP contribution >= 0.6 is 0 Å². The van der Waals surface area contributed by atoms with Gasteiger partial charge in [-0.15, -0.1) is 0 Å². The molecule has 8 rings (SSSR count). The van der Waals surface area contributed by atoms with Crippen LogP contribution in [0.5, 0.6) is 0 Å². The Labute approximate surface area is 288 Å². The first-order valence-electron chi connectivity index (χ1n) is 16.9. The Morgan fingerprint density at radius 1 is 0.560 bits per heavy atom. The molecule has 3 nitrogen and oxygen atoms in total. The van der Waals surface area contributed by atoms with Crippen molar-refractivity contribution in [3.8, 4) is 39.1 Å². The van der Waals surface area contributed by atoms with Gasteiger partial charge in [0.2, 0.25) is 0 Å². The van der Waals surface area contributed by atoms with Gasteiger partial charge in [0.05, 0.1) is 22.3 Å². The highest BCUT2D eigenvalue weighted by Crippen LogP contribution is 2.41.